The molecule has 0 bridgehead atoms. The molecule has 2 atom stereocenters. The Morgan fingerprint density at radius 1 is 1.14 bits per heavy atom. The van der Waals surface area contributed by atoms with Crippen LogP contribution in [0.5, 0.6) is 0 Å². The average molecular weight is 291 g/mol. The van der Waals surface area contributed by atoms with E-state index in [0.717, 1.165) is 12.0 Å². The lowest BCUT2D eigenvalue weighted by Gasteiger charge is -2.20. The molecule has 0 unspecified atom stereocenters. The van der Waals surface area contributed by atoms with Crippen molar-refractivity contribution < 1.29 is 14.3 Å². The number of amides is 1. The van der Waals surface area contributed by atoms with E-state index in [1.165, 1.54) is 7.11 Å². The molecule has 4 heteroatoms. The first kappa shape index (κ1) is 17.2. The molecule has 116 valence electrons. The van der Waals surface area contributed by atoms with Gasteiger partial charge in [-0.1, -0.05) is 51.1 Å². The number of hydrogen-bond acceptors (Lipinski definition) is 3. The standard InChI is InChI=1S/C17H25NO3/c1-12(2)10-13(3)16(19)18-15(17(20)21-4)11-14-8-6-5-7-9-14/h5-9,12-13,15H,10-11H2,1-4H3,(H,18,19)/t13-,15-/m0/s1. The summed E-state index contributed by atoms with van der Waals surface area (Å²) < 4.78 is 4.79. The third kappa shape index (κ3) is 5.98. The van der Waals surface area contributed by atoms with Gasteiger partial charge in [0, 0.05) is 12.3 Å². The van der Waals surface area contributed by atoms with E-state index in [2.05, 4.69) is 19.2 Å². The van der Waals surface area contributed by atoms with E-state index in [-0.39, 0.29) is 11.8 Å². The van der Waals surface area contributed by atoms with Gasteiger partial charge >= 0.3 is 5.97 Å². The van der Waals surface area contributed by atoms with Crippen molar-refractivity contribution >= 4 is 11.9 Å². The number of methoxy groups -OCH3 is 1. The Hall–Kier alpha value is -1.84. The van der Waals surface area contributed by atoms with E-state index >= 15 is 0 Å². The number of rotatable bonds is 7. The number of ether oxygens (including phenoxy) is 1. The molecule has 0 fully saturated rings. The second kappa shape index (κ2) is 8.45. The summed E-state index contributed by atoms with van der Waals surface area (Å²) >= 11 is 0. The van der Waals surface area contributed by atoms with Crippen molar-refractivity contribution in [2.75, 3.05) is 7.11 Å². The van der Waals surface area contributed by atoms with E-state index in [1.807, 2.05) is 37.3 Å². The largest absolute Gasteiger partial charge is 0.467 e. The van der Waals surface area contributed by atoms with Gasteiger partial charge in [0.15, 0.2) is 0 Å². The highest BCUT2D eigenvalue weighted by Crippen LogP contribution is 2.12. The minimum atomic E-state index is -0.639. The minimum absolute atomic E-state index is 0.102. The number of esters is 1. The third-order valence-electron chi connectivity index (χ3n) is 3.36. The van der Waals surface area contributed by atoms with Crippen LogP contribution in [0.1, 0.15) is 32.8 Å². The fraction of sp³-hybridized carbons (Fsp3) is 0.529. The van der Waals surface area contributed by atoms with Crippen molar-refractivity contribution in [3.8, 4) is 0 Å². The first-order valence-electron chi connectivity index (χ1n) is 7.36. The van der Waals surface area contributed by atoms with Gasteiger partial charge in [-0.15, -0.1) is 0 Å². The van der Waals surface area contributed by atoms with Crippen molar-refractivity contribution in [1.29, 1.82) is 0 Å². The molecule has 1 aromatic rings. The van der Waals surface area contributed by atoms with Crippen molar-refractivity contribution in [2.45, 2.75) is 39.7 Å². The first-order chi connectivity index (χ1) is 9.93. The second-order valence-electron chi connectivity index (χ2n) is 5.80. The summed E-state index contributed by atoms with van der Waals surface area (Å²) in [5, 5.41) is 2.81. The molecule has 0 aliphatic rings. The highest BCUT2D eigenvalue weighted by atomic mass is 16.5. The van der Waals surface area contributed by atoms with Crippen molar-refractivity contribution in [3.05, 3.63) is 35.9 Å². The molecule has 0 aliphatic carbocycles. The maximum atomic E-state index is 12.2. The zero-order valence-electron chi connectivity index (χ0n) is 13.3. The van der Waals surface area contributed by atoms with Crippen molar-refractivity contribution in [1.82, 2.24) is 5.32 Å². The highest BCUT2D eigenvalue weighted by molar-refractivity contribution is 5.85. The Labute approximate surface area is 126 Å². The van der Waals surface area contributed by atoms with Gasteiger partial charge in [-0.2, -0.15) is 0 Å². The van der Waals surface area contributed by atoms with Gasteiger partial charge in [-0.3, -0.25) is 4.79 Å². The lowest BCUT2D eigenvalue weighted by atomic mass is 9.97. The maximum absolute atomic E-state index is 12.2. The molecule has 4 nitrogen and oxygen atoms in total. The normalized spacial score (nSPS) is 13.6. The van der Waals surface area contributed by atoms with E-state index in [0.29, 0.717) is 12.3 Å². The van der Waals surface area contributed by atoms with Gasteiger partial charge in [0.25, 0.3) is 0 Å². The Morgan fingerprint density at radius 3 is 2.29 bits per heavy atom. The number of hydrogen-bond donors (Lipinski definition) is 1. The molecular formula is C17H25NO3. The fourth-order valence-electron chi connectivity index (χ4n) is 2.31. The summed E-state index contributed by atoms with van der Waals surface area (Å²) in [7, 11) is 1.34. The third-order valence-corrected chi connectivity index (χ3v) is 3.36. The lowest BCUT2D eigenvalue weighted by Crippen LogP contribution is -2.45. The summed E-state index contributed by atoms with van der Waals surface area (Å²) in [6.07, 6.45) is 1.23. The van der Waals surface area contributed by atoms with Crippen molar-refractivity contribution in [3.63, 3.8) is 0 Å². The summed E-state index contributed by atoms with van der Waals surface area (Å²) in [5.41, 5.74) is 0.990. The van der Waals surface area contributed by atoms with Crippen LogP contribution in [-0.4, -0.2) is 25.0 Å². The molecule has 0 saturated carbocycles. The Bertz CT molecular complexity index is 456. The van der Waals surface area contributed by atoms with Crippen LogP contribution >= 0.6 is 0 Å². The fourth-order valence-corrected chi connectivity index (χ4v) is 2.31. The van der Waals surface area contributed by atoms with Gasteiger partial charge < -0.3 is 10.1 Å². The highest BCUT2D eigenvalue weighted by Gasteiger charge is 2.24. The molecule has 1 N–H and O–H groups in total. The molecule has 1 aromatic carbocycles. The molecule has 0 heterocycles. The predicted octanol–water partition coefficient (Wildman–Crippen LogP) is 2.57. The molecular weight excluding hydrogens is 266 g/mol. The Morgan fingerprint density at radius 2 is 1.76 bits per heavy atom. The average Bonchev–Trinajstić information content (AvgIpc) is 2.46. The Balaban J connectivity index is 2.70. The molecule has 21 heavy (non-hydrogen) atoms. The van der Waals surface area contributed by atoms with Crippen LogP contribution in [-0.2, 0) is 20.7 Å². The van der Waals surface area contributed by atoms with E-state index in [1.54, 1.807) is 0 Å². The van der Waals surface area contributed by atoms with Crippen LogP contribution in [0.15, 0.2) is 30.3 Å². The van der Waals surface area contributed by atoms with Crippen LogP contribution < -0.4 is 5.32 Å². The molecule has 0 saturated heterocycles. The van der Waals surface area contributed by atoms with E-state index in [9.17, 15) is 9.59 Å². The van der Waals surface area contributed by atoms with Gasteiger partial charge in [0.2, 0.25) is 5.91 Å². The van der Waals surface area contributed by atoms with Crippen molar-refractivity contribution in [2.24, 2.45) is 11.8 Å². The summed E-state index contributed by atoms with van der Waals surface area (Å²) in [6, 6.07) is 8.96. The van der Waals surface area contributed by atoms with Crippen LogP contribution in [0.25, 0.3) is 0 Å². The van der Waals surface area contributed by atoms with Gasteiger partial charge in [-0.05, 0) is 17.9 Å². The zero-order chi connectivity index (χ0) is 15.8. The molecule has 0 aliphatic heterocycles. The molecule has 1 rings (SSSR count). The van der Waals surface area contributed by atoms with E-state index in [4.69, 9.17) is 4.74 Å². The number of nitrogens with one attached hydrogen (secondary N) is 1. The molecule has 1 amide bonds. The quantitative estimate of drug-likeness (QED) is 0.786. The van der Waals surface area contributed by atoms with Crippen LogP contribution in [0.4, 0.5) is 0 Å². The zero-order valence-corrected chi connectivity index (χ0v) is 13.3. The van der Waals surface area contributed by atoms with Crippen LogP contribution in [0, 0.1) is 11.8 Å². The first-order valence-corrected chi connectivity index (χ1v) is 7.36. The second-order valence-corrected chi connectivity index (χ2v) is 5.80. The van der Waals surface area contributed by atoms with Gasteiger partial charge in [0.1, 0.15) is 6.04 Å². The monoisotopic (exact) mass is 291 g/mol. The lowest BCUT2D eigenvalue weighted by molar-refractivity contribution is -0.145. The van der Waals surface area contributed by atoms with E-state index < -0.39 is 12.0 Å². The Kier molecular flexibility index (Phi) is 6.92. The topological polar surface area (TPSA) is 55.4 Å². The summed E-state index contributed by atoms with van der Waals surface area (Å²) in [4.78, 5) is 24.0. The number of carbonyl (C=O) groups is 2. The smallest absolute Gasteiger partial charge is 0.328 e. The SMILES string of the molecule is COC(=O)[C@H](Cc1ccccc1)NC(=O)[C@@H](C)CC(C)C. The van der Waals surface area contributed by atoms with Crippen LogP contribution in [0.3, 0.4) is 0 Å². The molecule has 0 aromatic heterocycles. The molecule has 0 radical (unpaired) electrons. The summed E-state index contributed by atoms with van der Waals surface area (Å²) in [6.45, 7) is 6.03. The molecule has 0 spiro atoms. The number of carbonyl (C=O) groups excluding carboxylic acids is 2. The minimum Gasteiger partial charge on any atom is -0.467 e. The van der Waals surface area contributed by atoms with Crippen LogP contribution in [0.2, 0.25) is 0 Å². The van der Waals surface area contributed by atoms with Gasteiger partial charge in [0.05, 0.1) is 7.11 Å². The predicted molar refractivity (Wildman–Crippen MR) is 82.7 cm³/mol. The number of benzene rings is 1. The maximum Gasteiger partial charge on any atom is 0.328 e. The van der Waals surface area contributed by atoms with Gasteiger partial charge in [-0.25, -0.2) is 4.79 Å². The summed E-state index contributed by atoms with van der Waals surface area (Å²) in [5.74, 6) is -0.191.